The van der Waals surface area contributed by atoms with Gasteiger partial charge in [-0.1, -0.05) is 0 Å². The van der Waals surface area contributed by atoms with Crippen molar-refractivity contribution in [3.8, 4) is 0 Å². The van der Waals surface area contributed by atoms with Gasteiger partial charge < -0.3 is 5.73 Å². The van der Waals surface area contributed by atoms with E-state index in [0.717, 1.165) is 38.6 Å². The normalized spacial score (nSPS) is 25.5. The van der Waals surface area contributed by atoms with E-state index in [-0.39, 0.29) is 11.8 Å². The summed E-state index contributed by atoms with van der Waals surface area (Å²) in [5, 5.41) is 0. The standard InChI is InChI=1S/C9H16N2O/c10-9(12)8-4-1-2-6-11-7-3-5-8/h6,8H,1-5,7H2,(H2,10,12). The molecule has 0 saturated carbocycles. The largest absolute Gasteiger partial charge is 0.369 e. The predicted octanol–water partition coefficient (Wildman–Crippen LogP) is 1.12. The molecule has 1 rings (SSSR count). The third-order valence-electron chi connectivity index (χ3n) is 2.26. The van der Waals surface area contributed by atoms with E-state index >= 15 is 0 Å². The van der Waals surface area contributed by atoms with E-state index in [2.05, 4.69) is 4.99 Å². The minimum Gasteiger partial charge on any atom is -0.369 e. The second-order valence-electron chi connectivity index (χ2n) is 3.26. The summed E-state index contributed by atoms with van der Waals surface area (Å²) >= 11 is 0. The lowest BCUT2D eigenvalue weighted by atomic mass is 9.97. The van der Waals surface area contributed by atoms with Gasteiger partial charge in [0.05, 0.1) is 0 Å². The first-order valence-electron chi connectivity index (χ1n) is 4.58. The summed E-state index contributed by atoms with van der Waals surface area (Å²) in [6, 6.07) is 0. The van der Waals surface area contributed by atoms with Gasteiger partial charge in [-0.05, 0) is 38.3 Å². The van der Waals surface area contributed by atoms with E-state index in [1.807, 2.05) is 6.21 Å². The van der Waals surface area contributed by atoms with Crippen molar-refractivity contribution in [2.24, 2.45) is 16.6 Å². The molecule has 1 unspecified atom stereocenters. The molecule has 0 radical (unpaired) electrons. The molecule has 0 saturated heterocycles. The quantitative estimate of drug-likeness (QED) is 0.626. The molecule has 1 amide bonds. The second-order valence-corrected chi connectivity index (χ2v) is 3.26. The smallest absolute Gasteiger partial charge is 0.220 e. The molecular weight excluding hydrogens is 152 g/mol. The maximum atomic E-state index is 10.9. The fourth-order valence-corrected chi connectivity index (χ4v) is 1.50. The molecule has 12 heavy (non-hydrogen) atoms. The lowest BCUT2D eigenvalue weighted by molar-refractivity contribution is -0.122. The van der Waals surface area contributed by atoms with Gasteiger partial charge in [-0.25, -0.2) is 0 Å². The van der Waals surface area contributed by atoms with E-state index < -0.39 is 0 Å². The topological polar surface area (TPSA) is 55.5 Å². The number of rotatable bonds is 1. The van der Waals surface area contributed by atoms with E-state index in [1.165, 1.54) is 0 Å². The van der Waals surface area contributed by atoms with Crippen LogP contribution in [0.25, 0.3) is 0 Å². The summed E-state index contributed by atoms with van der Waals surface area (Å²) in [5.41, 5.74) is 5.26. The Kier molecular flexibility index (Phi) is 3.77. The maximum Gasteiger partial charge on any atom is 0.220 e. The third kappa shape index (κ3) is 3.03. The highest BCUT2D eigenvalue weighted by Gasteiger charge is 2.14. The fraction of sp³-hybridized carbons (Fsp3) is 0.778. The number of nitrogens with two attached hydrogens (primary N) is 1. The summed E-state index contributed by atoms with van der Waals surface area (Å²) in [7, 11) is 0. The van der Waals surface area contributed by atoms with E-state index in [9.17, 15) is 4.79 Å². The van der Waals surface area contributed by atoms with Crippen LogP contribution in [0.5, 0.6) is 0 Å². The van der Waals surface area contributed by atoms with Gasteiger partial charge in [-0.15, -0.1) is 0 Å². The molecule has 1 aliphatic heterocycles. The molecule has 0 aromatic carbocycles. The molecule has 1 heterocycles. The third-order valence-corrected chi connectivity index (χ3v) is 2.26. The van der Waals surface area contributed by atoms with Crippen LogP contribution in [0.2, 0.25) is 0 Å². The van der Waals surface area contributed by atoms with Crippen molar-refractivity contribution >= 4 is 12.1 Å². The van der Waals surface area contributed by atoms with Crippen LogP contribution in [0.3, 0.4) is 0 Å². The zero-order valence-corrected chi connectivity index (χ0v) is 7.33. The Morgan fingerprint density at radius 2 is 2.17 bits per heavy atom. The second kappa shape index (κ2) is 4.91. The number of nitrogens with zero attached hydrogens (tertiary/aromatic N) is 1. The molecule has 1 atom stereocenters. The first-order chi connectivity index (χ1) is 5.80. The van der Waals surface area contributed by atoms with Crippen LogP contribution in [0, 0.1) is 5.92 Å². The summed E-state index contributed by atoms with van der Waals surface area (Å²) in [4.78, 5) is 15.1. The van der Waals surface area contributed by atoms with E-state index in [4.69, 9.17) is 5.73 Å². The van der Waals surface area contributed by atoms with Crippen molar-refractivity contribution in [1.29, 1.82) is 0 Å². The molecule has 3 nitrogen and oxygen atoms in total. The Morgan fingerprint density at radius 1 is 1.42 bits per heavy atom. The molecule has 0 aliphatic carbocycles. The fourth-order valence-electron chi connectivity index (χ4n) is 1.50. The Labute approximate surface area is 73.0 Å². The highest BCUT2D eigenvalue weighted by Crippen LogP contribution is 2.15. The Balaban J connectivity index is 2.39. The van der Waals surface area contributed by atoms with Crippen molar-refractivity contribution in [2.45, 2.75) is 32.1 Å². The number of carbonyl (C=O) groups excluding carboxylic acids is 1. The van der Waals surface area contributed by atoms with Gasteiger partial charge in [-0.2, -0.15) is 0 Å². The number of hydrogen-bond acceptors (Lipinski definition) is 2. The van der Waals surface area contributed by atoms with Gasteiger partial charge in [0.15, 0.2) is 0 Å². The molecule has 0 fully saturated rings. The maximum absolute atomic E-state index is 10.9. The van der Waals surface area contributed by atoms with Crippen molar-refractivity contribution in [2.75, 3.05) is 6.54 Å². The molecule has 0 aromatic rings. The molecule has 68 valence electrons. The minimum absolute atomic E-state index is 0.0895. The van der Waals surface area contributed by atoms with Gasteiger partial charge in [0.2, 0.25) is 5.91 Å². The lowest BCUT2D eigenvalue weighted by Gasteiger charge is -2.10. The zero-order valence-electron chi connectivity index (χ0n) is 7.33. The SMILES string of the molecule is NC(=O)C1CCCC=NCCC1. The summed E-state index contributed by atoms with van der Waals surface area (Å²) in [6.07, 6.45) is 6.82. The molecule has 0 spiro atoms. The van der Waals surface area contributed by atoms with Gasteiger partial charge in [-0.3, -0.25) is 9.79 Å². The minimum atomic E-state index is -0.142. The van der Waals surface area contributed by atoms with Crippen molar-refractivity contribution < 1.29 is 4.79 Å². The number of aliphatic imine (C=N–C) groups is 1. The van der Waals surface area contributed by atoms with Crippen LogP contribution in [0.4, 0.5) is 0 Å². The molecule has 3 heteroatoms. The summed E-state index contributed by atoms with van der Waals surface area (Å²) < 4.78 is 0. The first-order valence-corrected chi connectivity index (χ1v) is 4.58. The number of hydrogen-bond donors (Lipinski definition) is 1. The lowest BCUT2D eigenvalue weighted by Crippen LogP contribution is -2.23. The molecule has 0 bridgehead atoms. The monoisotopic (exact) mass is 168 g/mol. The molecule has 1 aliphatic rings. The Hall–Kier alpha value is -0.860. The number of primary amides is 1. The van der Waals surface area contributed by atoms with Crippen LogP contribution >= 0.6 is 0 Å². The summed E-state index contributed by atoms with van der Waals surface area (Å²) in [5.74, 6) is -0.0522. The van der Waals surface area contributed by atoms with Crippen LogP contribution < -0.4 is 5.73 Å². The average molecular weight is 168 g/mol. The van der Waals surface area contributed by atoms with Crippen LogP contribution in [0.1, 0.15) is 32.1 Å². The molecule has 2 N–H and O–H groups in total. The highest BCUT2D eigenvalue weighted by atomic mass is 16.1. The number of amides is 1. The van der Waals surface area contributed by atoms with E-state index in [1.54, 1.807) is 0 Å². The zero-order chi connectivity index (χ0) is 8.81. The van der Waals surface area contributed by atoms with E-state index in [0.29, 0.717) is 0 Å². The van der Waals surface area contributed by atoms with Crippen molar-refractivity contribution in [1.82, 2.24) is 0 Å². The predicted molar refractivity (Wildman–Crippen MR) is 49.1 cm³/mol. The van der Waals surface area contributed by atoms with Crippen LogP contribution in [0.15, 0.2) is 4.99 Å². The van der Waals surface area contributed by atoms with Gasteiger partial charge in [0.25, 0.3) is 0 Å². The van der Waals surface area contributed by atoms with Crippen LogP contribution in [-0.2, 0) is 4.79 Å². The highest BCUT2D eigenvalue weighted by molar-refractivity contribution is 5.76. The van der Waals surface area contributed by atoms with Gasteiger partial charge in [0, 0.05) is 12.5 Å². The molecular formula is C9H16N2O. The number of carbonyl (C=O) groups is 1. The summed E-state index contributed by atoms with van der Waals surface area (Å²) in [6.45, 7) is 0.851. The first kappa shape index (κ1) is 9.23. The van der Waals surface area contributed by atoms with Gasteiger partial charge >= 0.3 is 0 Å². The van der Waals surface area contributed by atoms with Crippen molar-refractivity contribution in [3.05, 3.63) is 0 Å². The molecule has 0 aromatic heterocycles. The van der Waals surface area contributed by atoms with Gasteiger partial charge in [0.1, 0.15) is 0 Å². The Bertz CT molecular complexity index is 165. The Morgan fingerprint density at radius 3 is 2.92 bits per heavy atom. The average Bonchev–Trinajstić information content (AvgIpc) is 2.15. The van der Waals surface area contributed by atoms with Crippen LogP contribution in [-0.4, -0.2) is 18.7 Å². The van der Waals surface area contributed by atoms with Crippen molar-refractivity contribution in [3.63, 3.8) is 0 Å².